The van der Waals surface area contributed by atoms with Crippen LogP contribution >= 0.6 is 23.2 Å². The summed E-state index contributed by atoms with van der Waals surface area (Å²) in [6, 6.07) is 10.3. The highest BCUT2D eigenvalue weighted by Gasteiger charge is 2.30. The Morgan fingerprint density at radius 3 is 2.36 bits per heavy atom. The number of fused-ring (bicyclic) bond motifs is 1. The number of hydrogen-bond acceptors (Lipinski definition) is 5. The van der Waals surface area contributed by atoms with Crippen LogP contribution in [0, 0.1) is 0 Å². The number of benzene rings is 2. The summed E-state index contributed by atoms with van der Waals surface area (Å²) < 4.78 is 28.7. The fourth-order valence-electron chi connectivity index (χ4n) is 3.12. The molecule has 1 heterocycles. The van der Waals surface area contributed by atoms with Gasteiger partial charge in [-0.3, -0.25) is 4.68 Å². The minimum Gasteiger partial charge on any atom is -0.395 e. The summed E-state index contributed by atoms with van der Waals surface area (Å²) in [5, 5.41) is 24.2. The van der Waals surface area contributed by atoms with Crippen LogP contribution in [0.1, 0.15) is 0 Å². The normalized spacial score (nSPS) is 12.2. The summed E-state index contributed by atoms with van der Waals surface area (Å²) >= 11 is 12.3. The van der Waals surface area contributed by atoms with Gasteiger partial charge in [0.05, 0.1) is 13.2 Å². The predicted octanol–water partition coefficient (Wildman–Crippen LogP) is 2.52. The number of aromatic nitrogens is 2. The van der Waals surface area contributed by atoms with Gasteiger partial charge < -0.3 is 10.2 Å². The largest absolute Gasteiger partial charge is 0.395 e. The first-order chi connectivity index (χ1) is 13.3. The Labute approximate surface area is 172 Å². The van der Waals surface area contributed by atoms with Crippen molar-refractivity contribution in [2.45, 2.75) is 5.03 Å². The van der Waals surface area contributed by atoms with Gasteiger partial charge in [0, 0.05) is 46.7 Å². The number of halogens is 2. The molecule has 0 spiro atoms. The summed E-state index contributed by atoms with van der Waals surface area (Å²) in [5.41, 5.74) is 1.83. The van der Waals surface area contributed by atoms with Crippen LogP contribution in [-0.2, 0) is 17.1 Å². The van der Waals surface area contributed by atoms with Crippen LogP contribution in [0.2, 0.25) is 10.0 Å². The summed E-state index contributed by atoms with van der Waals surface area (Å²) in [5.74, 6) is 0. The van der Waals surface area contributed by atoms with Gasteiger partial charge in [-0.25, -0.2) is 8.42 Å². The second-order valence-electron chi connectivity index (χ2n) is 6.11. The van der Waals surface area contributed by atoms with Gasteiger partial charge in [-0.1, -0.05) is 41.4 Å². The van der Waals surface area contributed by atoms with E-state index < -0.39 is 10.0 Å². The maximum atomic E-state index is 13.2. The van der Waals surface area contributed by atoms with Gasteiger partial charge in [0.1, 0.15) is 5.52 Å². The summed E-state index contributed by atoms with van der Waals surface area (Å²) in [6.07, 6.45) is 0. The highest BCUT2D eigenvalue weighted by molar-refractivity contribution is 7.89. The van der Waals surface area contributed by atoms with Crippen LogP contribution in [-0.4, -0.2) is 59.0 Å². The zero-order chi connectivity index (χ0) is 20.5. The van der Waals surface area contributed by atoms with Crippen molar-refractivity contribution in [1.82, 2.24) is 14.1 Å². The molecule has 0 fully saturated rings. The van der Waals surface area contributed by atoms with E-state index in [1.165, 1.54) is 11.7 Å². The number of nitrogens with zero attached hydrogens (tertiary/aromatic N) is 3. The molecule has 0 amide bonds. The number of sulfonamides is 1. The van der Waals surface area contributed by atoms with Gasteiger partial charge in [0.25, 0.3) is 10.0 Å². The molecule has 0 saturated heterocycles. The average Bonchev–Trinajstić information content (AvgIpc) is 2.98. The van der Waals surface area contributed by atoms with Crippen molar-refractivity contribution < 1.29 is 18.6 Å². The standard InChI is InChI=1S/C18H19Cl2N3O4S/c1-22-18(28(26,27)23(7-9-24)8-10-25)15-4-2-3-14(17(15)21-22)13-6-5-12(19)11-16(13)20/h2-6,11,24-25H,7-10H2,1H3. The van der Waals surface area contributed by atoms with Crippen molar-refractivity contribution in [3.8, 4) is 11.1 Å². The van der Waals surface area contributed by atoms with Crippen molar-refractivity contribution in [2.24, 2.45) is 7.05 Å². The van der Waals surface area contributed by atoms with Gasteiger partial charge in [0.15, 0.2) is 5.03 Å². The minimum absolute atomic E-state index is 0.0173. The van der Waals surface area contributed by atoms with Crippen molar-refractivity contribution in [3.63, 3.8) is 0 Å². The molecule has 150 valence electrons. The molecule has 3 aromatic rings. The molecule has 7 nitrogen and oxygen atoms in total. The van der Waals surface area contributed by atoms with E-state index in [1.807, 2.05) is 0 Å². The van der Waals surface area contributed by atoms with E-state index in [0.717, 1.165) is 4.31 Å². The fraction of sp³-hybridized carbons (Fsp3) is 0.278. The van der Waals surface area contributed by atoms with E-state index in [0.29, 0.717) is 32.1 Å². The zero-order valence-corrected chi connectivity index (χ0v) is 17.3. The zero-order valence-electron chi connectivity index (χ0n) is 15.0. The van der Waals surface area contributed by atoms with Crippen molar-refractivity contribution in [3.05, 3.63) is 46.4 Å². The fourth-order valence-corrected chi connectivity index (χ4v) is 5.34. The van der Waals surface area contributed by atoms with E-state index in [-0.39, 0.29) is 31.3 Å². The topological polar surface area (TPSA) is 95.7 Å². The van der Waals surface area contributed by atoms with Gasteiger partial charge in [-0.05, 0) is 18.2 Å². The van der Waals surface area contributed by atoms with Crippen LogP contribution in [0.3, 0.4) is 0 Å². The van der Waals surface area contributed by atoms with Crippen molar-refractivity contribution >= 4 is 44.1 Å². The second kappa shape index (κ2) is 8.36. The lowest BCUT2D eigenvalue weighted by Crippen LogP contribution is -2.36. The lowest BCUT2D eigenvalue weighted by Gasteiger charge is -2.20. The molecule has 3 rings (SSSR count). The lowest BCUT2D eigenvalue weighted by atomic mass is 10.0. The number of aryl methyl sites for hydroxylation is 1. The number of aliphatic hydroxyl groups is 2. The van der Waals surface area contributed by atoms with E-state index in [1.54, 1.807) is 36.4 Å². The first kappa shape index (κ1) is 21.0. The minimum atomic E-state index is -4.00. The Morgan fingerprint density at radius 1 is 1.07 bits per heavy atom. The van der Waals surface area contributed by atoms with Gasteiger partial charge >= 0.3 is 0 Å². The van der Waals surface area contributed by atoms with Gasteiger partial charge in [-0.15, -0.1) is 0 Å². The summed E-state index contributed by atoms with van der Waals surface area (Å²) in [4.78, 5) is 0. The monoisotopic (exact) mass is 443 g/mol. The van der Waals surface area contributed by atoms with Crippen LogP contribution in [0.5, 0.6) is 0 Å². The van der Waals surface area contributed by atoms with Crippen LogP contribution in [0.4, 0.5) is 0 Å². The highest BCUT2D eigenvalue weighted by atomic mass is 35.5. The number of rotatable bonds is 7. The molecule has 2 aromatic carbocycles. The molecule has 0 aliphatic carbocycles. The molecule has 0 atom stereocenters. The molecule has 0 radical (unpaired) electrons. The molecule has 28 heavy (non-hydrogen) atoms. The third-order valence-corrected chi connectivity index (χ3v) is 6.88. The van der Waals surface area contributed by atoms with E-state index in [4.69, 9.17) is 23.2 Å². The Hall–Kier alpha value is -1.68. The first-order valence-electron chi connectivity index (χ1n) is 8.44. The van der Waals surface area contributed by atoms with Crippen molar-refractivity contribution in [2.75, 3.05) is 26.3 Å². The molecule has 1 aromatic heterocycles. The lowest BCUT2D eigenvalue weighted by molar-refractivity contribution is 0.217. The number of hydrogen-bond donors (Lipinski definition) is 2. The van der Waals surface area contributed by atoms with Crippen LogP contribution in [0.15, 0.2) is 41.4 Å². The van der Waals surface area contributed by atoms with E-state index >= 15 is 0 Å². The van der Waals surface area contributed by atoms with E-state index in [9.17, 15) is 18.6 Å². The molecule has 0 aliphatic rings. The molecule has 0 saturated carbocycles. The molecular formula is C18H19Cl2N3O4S. The van der Waals surface area contributed by atoms with Crippen LogP contribution in [0.25, 0.3) is 22.0 Å². The third-order valence-electron chi connectivity index (χ3n) is 4.31. The maximum Gasteiger partial charge on any atom is 0.261 e. The molecule has 0 bridgehead atoms. The summed E-state index contributed by atoms with van der Waals surface area (Å²) in [6.45, 7) is -0.974. The van der Waals surface area contributed by atoms with Crippen molar-refractivity contribution in [1.29, 1.82) is 0 Å². The Bertz CT molecular complexity index is 1110. The number of aliphatic hydroxyl groups excluding tert-OH is 2. The Kier molecular flexibility index (Phi) is 6.28. The Balaban J connectivity index is 2.23. The molecule has 10 heteroatoms. The molecule has 0 unspecified atom stereocenters. The van der Waals surface area contributed by atoms with Crippen LogP contribution < -0.4 is 0 Å². The van der Waals surface area contributed by atoms with Gasteiger partial charge in [0.2, 0.25) is 0 Å². The van der Waals surface area contributed by atoms with Gasteiger partial charge in [-0.2, -0.15) is 9.40 Å². The maximum absolute atomic E-state index is 13.2. The Morgan fingerprint density at radius 2 is 1.75 bits per heavy atom. The molecule has 2 N–H and O–H groups in total. The first-order valence-corrected chi connectivity index (χ1v) is 10.6. The molecular weight excluding hydrogens is 425 g/mol. The highest BCUT2D eigenvalue weighted by Crippen LogP contribution is 2.36. The molecule has 0 aliphatic heterocycles. The predicted molar refractivity (Wildman–Crippen MR) is 109 cm³/mol. The summed E-state index contributed by atoms with van der Waals surface area (Å²) in [7, 11) is -2.46. The average molecular weight is 444 g/mol. The quantitative estimate of drug-likeness (QED) is 0.584. The SMILES string of the molecule is Cn1nc2c(-c3ccc(Cl)cc3Cl)cccc2c1S(=O)(=O)N(CCO)CCO. The second-order valence-corrected chi connectivity index (χ2v) is 8.80. The smallest absolute Gasteiger partial charge is 0.261 e. The third kappa shape index (κ3) is 3.76. The van der Waals surface area contributed by atoms with E-state index in [2.05, 4.69) is 5.10 Å².